The molecule has 0 N–H and O–H groups in total. The standard InChI is InChI=1S/C41H66O2/c1-10-11-12-13-14-15-16-17-36(42)43-35-23-25-40-28-41(40)27-26-38(8)32(31(5)19-18-30(4)29(2)3)22-24-39(38,9)34(41)21-20-33(40)37(35,6)7/h14-17,29,31-35H,4,10-13,18-28H2,1-3,5-9H3. The summed E-state index contributed by atoms with van der Waals surface area (Å²) in [4.78, 5) is 12.9. The summed E-state index contributed by atoms with van der Waals surface area (Å²) in [5.41, 5.74) is 3.45. The molecule has 2 heteroatoms. The predicted molar refractivity (Wildman–Crippen MR) is 182 cm³/mol. The van der Waals surface area contributed by atoms with E-state index in [2.05, 4.69) is 68.0 Å². The Bertz CT molecular complexity index is 1090. The first-order valence-electron chi connectivity index (χ1n) is 18.5. The molecule has 0 bridgehead atoms. The number of hydrogen-bond donors (Lipinski definition) is 0. The van der Waals surface area contributed by atoms with Crippen LogP contribution in [-0.4, -0.2) is 12.1 Å². The fourth-order valence-corrected chi connectivity index (χ4v) is 12.4. The van der Waals surface area contributed by atoms with E-state index in [0.717, 1.165) is 30.6 Å². The molecular formula is C41H66O2. The van der Waals surface area contributed by atoms with Gasteiger partial charge in [0.05, 0.1) is 0 Å². The molecule has 5 aliphatic rings. The van der Waals surface area contributed by atoms with Crippen LogP contribution in [0.25, 0.3) is 0 Å². The van der Waals surface area contributed by atoms with E-state index >= 15 is 0 Å². The zero-order valence-electron chi connectivity index (χ0n) is 29.4. The molecule has 0 aromatic carbocycles. The van der Waals surface area contributed by atoms with E-state index in [9.17, 15) is 4.79 Å². The Morgan fingerprint density at radius 1 is 0.884 bits per heavy atom. The number of carbonyl (C=O) groups excluding carboxylic acids is 1. The van der Waals surface area contributed by atoms with Crippen molar-refractivity contribution in [2.75, 3.05) is 0 Å². The summed E-state index contributed by atoms with van der Waals surface area (Å²) in [5, 5.41) is 0. The smallest absolute Gasteiger partial charge is 0.331 e. The fraction of sp³-hybridized carbons (Fsp3) is 0.829. The average Bonchev–Trinajstić information content (AvgIpc) is 3.54. The minimum absolute atomic E-state index is 0.0322. The van der Waals surface area contributed by atoms with Gasteiger partial charge in [0.1, 0.15) is 6.10 Å². The van der Waals surface area contributed by atoms with Crippen LogP contribution >= 0.6 is 0 Å². The van der Waals surface area contributed by atoms with Crippen LogP contribution in [0.5, 0.6) is 0 Å². The molecule has 0 radical (unpaired) electrons. The zero-order chi connectivity index (χ0) is 31.3. The lowest BCUT2D eigenvalue weighted by Gasteiger charge is -2.63. The Hall–Kier alpha value is -1.31. The molecule has 2 nitrogen and oxygen atoms in total. The highest BCUT2D eigenvalue weighted by Gasteiger charge is 2.82. The summed E-state index contributed by atoms with van der Waals surface area (Å²) >= 11 is 0. The predicted octanol–water partition coefficient (Wildman–Crippen LogP) is 11.7. The highest BCUT2D eigenvalue weighted by Crippen LogP contribution is 2.89. The first-order chi connectivity index (χ1) is 20.3. The van der Waals surface area contributed by atoms with Crippen LogP contribution in [0.3, 0.4) is 0 Å². The van der Waals surface area contributed by atoms with E-state index in [1.807, 2.05) is 12.2 Å². The van der Waals surface area contributed by atoms with E-state index in [0.29, 0.717) is 33.5 Å². The summed E-state index contributed by atoms with van der Waals surface area (Å²) in [6, 6.07) is 0. The molecule has 0 aromatic heterocycles. The summed E-state index contributed by atoms with van der Waals surface area (Å²) in [6.45, 7) is 24.1. The van der Waals surface area contributed by atoms with Gasteiger partial charge >= 0.3 is 5.97 Å². The van der Waals surface area contributed by atoms with Gasteiger partial charge in [0, 0.05) is 11.5 Å². The van der Waals surface area contributed by atoms with Gasteiger partial charge in [-0.3, -0.25) is 0 Å². The highest BCUT2D eigenvalue weighted by molar-refractivity contribution is 5.82. The molecule has 9 atom stereocenters. The molecule has 9 unspecified atom stereocenters. The highest BCUT2D eigenvalue weighted by atomic mass is 16.5. The van der Waals surface area contributed by atoms with Crippen molar-refractivity contribution >= 4 is 5.97 Å². The Morgan fingerprint density at radius 3 is 2.33 bits per heavy atom. The largest absolute Gasteiger partial charge is 0.459 e. The van der Waals surface area contributed by atoms with Gasteiger partial charge in [-0.2, -0.15) is 0 Å². The lowest BCUT2D eigenvalue weighted by Crippen LogP contribution is -2.58. The van der Waals surface area contributed by atoms with Crippen LogP contribution in [0.4, 0.5) is 0 Å². The Morgan fingerprint density at radius 2 is 1.60 bits per heavy atom. The maximum absolute atomic E-state index is 12.9. The van der Waals surface area contributed by atoms with Crippen molar-refractivity contribution in [1.29, 1.82) is 0 Å². The number of fused-ring (bicyclic) bond motifs is 2. The Labute approximate surface area is 266 Å². The quantitative estimate of drug-likeness (QED) is 0.0743. The molecule has 43 heavy (non-hydrogen) atoms. The molecule has 0 aliphatic heterocycles. The monoisotopic (exact) mass is 591 g/mol. The van der Waals surface area contributed by atoms with Gasteiger partial charge < -0.3 is 4.74 Å². The number of rotatable bonds is 12. The average molecular weight is 591 g/mol. The number of hydrogen-bond acceptors (Lipinski definition) is 2. The fourth-order valence-electron chi connectivity index (χ4n) is 12.4. The third-order valence-electron chi connectivity index (χ3n) is 15.2. The normalized spacial score (nSPS) is 41.9. The number of ether oxygens (including phenoxy) is 1. The summed E-state index contributed by atoms with van der Waals surface area (Å²) in [7, 11) is 0. The summed E-state index contributed by atoms with van der Waals surface area (Å²) in [5.74, 6) is 3.64. The third-order valence-corrected chi connectivity index (χ3v) is 15.2. The van der Waals surface area contributed by atoms with Crippen LogP contribution in [0, 0.1) is 56.7 Å². The van der Waals surface area contributed by atoms with Crippen LogP contribution in [0.1, 0.15) is 152 Å². The molecule has 0 amide bonds. The van der Waals surface area contributed by atoms with Gasteiger partial charge in [0.15, 0.2) is 0 Å². The minimum atomic E-state index is -0.157. The van der Waals surface area contributed by atoms with Gasteiger partial charge in [-0.25, -0.2) is 4.79 Å². The van der Waals surface area contributed by atoms with Crippen molar-refractivity contribution in [3.63, 3.8) is 0 Å². The van der Waals surface area contributed by atoms with Gasteiger partial charge in [-0.15, -0.1) is 0 Å². The second-order valence-electron chi connectivity index (χ2n) is 17.5. The molecular weight excluding hydrogens is 524 g/mol. The number of unbranched alkanes of at least 4 members (excludes halogenated alkanes) is 3. The van der Waals surface area contributed by atoms with Gasteiger partial charge in [-0.1, -0.05) is 98.6 Å². The van der Waals surface area contributed by atoms with Crippen molar-refractivity contribution in [3.05, 3.63) is 36.5 Å². The van der Waals surface area contributed by atoms with E-state index in [1.54, 1.807) is 6.08 Å². The van der Waals surface area contributed by atoms with Crippen LogP contribution in [0.15, 0.2) is 36.5 Å². The molecule has 5 fully saturated rings. The SMILES string of the molecule is C=C(CCC(C)C1CCC2(C)C3CCC4C(C)(C)C(OC(=O)C=CC=CCCCCC)CCC45CC35CCC12C)C(C)C. The van der Waals surface area contributed by atoms with Gasteiger partial charge in [-0.05, 0) is 135 Å². The van der Waals surface area contributed by atoms with Crippen LogP contribution in [0.2, 0.25) is 0 Å². The first kappa shape index (κ1) is 33.1. The molecule has 2 spiro atoms. The lowest BCUT2D eigenvalue weighted by atomic mass is 9.41. The molecule has 5 rings (SSSR count). The van der Waals surface area contributed by atoms with E-state index in [4.69, 9.17) is 4.74 Å². The lowest BCUT2D eigenvalue weighted by molar-refractivity contribution is -0.179. The second kappa shape index (κ2) is 12.1. The van der Waals surface area contributed by atoms with Crippen molar-refractivity contribution in [3.8, 4) is 0 Å². The van der Waals surface area contributed by atoms with Crippen LogP contribution < -0.4 is 0 Å². The number of allylic oxidation sites excluding steroid dienone is 4. The molecule has 0 saturated heterocycles. The second-order valence-corrected chi connectivity index (χ2v) is 17.5. The van der Waals surface area contributed by atoms with Crippen molar-refractivity contribution in [2.45, 2.75) is 158 Å². The summed E-state index contributed by atoms with van der Waals surface area (Å²) in [6.07, 6.45) is 27.3. The van der Waals surface area contributed by atoms with Crippen LogP contribution in [-0.2, 0) is 9.53 Å². The molecule has 0 heterocycles. The third kappa shape index (κ3) is 5.35. The molecule has 242 valence electrons. The molecule has 5 saturated carbocycles. The van der Waals surface area contributed by atoms with Gasteiger partial charge in [0.2, 0.25) is 0 Å². The maximum Gasteiger partial charge on any atom is 0.331 e. The molecule has 5 aliphatic carbocycles. The minimum Gasteiger partial charge on any atom is -0.459 e. The Balaban J connectivity index is 1.25. The van der Waals surface area contributed by atoms with E-state index in [1.165, 1.54) is 89.0 Å². The molecule has 0 aromatic rings. The van der Waals surface area contributed by atoms with Crippen molar-refractivity contribution in [2.24, 2.45) is 56.7 Å². The number of carbonyl (C=O) groups is 1. The van der Waals surface area contributed by atoms with Crippen molar-refractivity contribution < 1.29 is 9.53 Å². The van der Waals surface area contributed by atoms with E-state index in [-0.39, 0.29) is 17.5 Å². The van der Waals surface area contributed by atoms with Gasteiger partial charge in [0.25, 0.3) is 0 Å². The summed E-state index contributed by atoms with van der Waals surface area (Å²) < 4.78 is 6.23. The first-order valence-corrected chi connectivity index (χ1v) is 18.5. The number of esters is 1. The van der Waals surface area contributed by atoms with E-state index < -0.39 is 0 Å². The van der Waals surface area contributed by atoms with Crippen molar-refractivity contribution in [1.82, 2.24) is 0 Å². The maximum atomic E-state index is 12.9. The topological polar surface area (TPSA) is 26.3 Å². The Kier molecular flexibility index (Phi) is 9.33. The zero-order valence-corrected chi connectivity index (χ0v) is 29.4.